The molecule has 7 heteroatoms. The Bertz CT molecular complexity index is 827. The maximum Gasteiger partial charge on any atom is 0.243 e. The predicted molar refractivity (Wildman–Crippen MR) is 89.8 cm³/mol. The van der Waals surface area contributed by atoms with Gasteiger partial charge in [0.25, 0.3) is 0 Å². The largest absolute Gasteiger partial charge is 0.493 e. The van der Waals surface area contributed by atoms with Crippen LogP contribution in [0.2, 0.25) is 0 Å². The first-order valence-electron chi connectivity index (χ1n) is 8.10. The second kappa shape index (κ2) is 7.49. The number of ether oxygens (including phenoxy) is 1. The summed E-state index contributed by atoms with van der Waals surface area (Å²) in [6.45, 7) is 1.07. The lowest BCUT2D eigenvalue weighted by molar-refractivity contribution is 0.180. The molecule has 25 heavy (non-hydrogen) atoms. The Labute approximate surface area is 146 Å². The molecule has 0 amide bonds. The van der Waals surface area contributed by atoms with Crippen molar-refractivity contribution in [1.82, 2.24) is 4.31 Å². The zero-order valence-electron chi connectivity index (χ0n) is 13.6. The lowest BCUT2D eigenvalue weighted by atomic mass is 10.0. The molecule has 1 fully saturated rings. The van der Waals surface area contributed by atoms with Crippen LogP contribution in [0.5, 0.6) is 5.75 Å². The molecule has 2 aromatic carbocycles. The van der Waals surface area contributed by atoms with Crippen molar-refractivity contribution < 1.29 is 21.9 Å². The zero-order valence-corrected chi connectivity index (χ0v) is 14.4. The first kappa shape index (κ1) is 17.8. The van der Waals surface area contributed by atoms with Gasteiger partial charge in [-0.25, -0.2) is 17.2 Å². The van der Waals surface area contributed by atoms with Gasteiger partial charge in [-0.2, -0.15) is 4.31 Å². The molecule has 1 unspecified atom stereocenters. The Morgan fingerprint density at radius 2 is 1.84 bits per heavy atom. The standard InChI is InChI=1S/C18H19F2NO3S/c19-17-9-8-16(11-18(17)20)25(22,23)21-10-4-5-14(12-21)13-24-15-6-2-1-3-7-15/h1-3,6-9,11,14H,4-5,10,12-13H2. The first-order valence-corrected chi connectivity index (χ1v) is 9.54. The summed E-state index contributed by atoms with van der Waals surface area (Å²) in [6.07, 6.45) is 1.56. The second-order valence-corrected chi connectivity index (χ2v) is 8.01. The van der Waals surface area contributed by atoms with E-state index in [-0.39, 0.29) is 10.8 Å². The normalized spacial score (nSPS) is 18.9. The SMILES string of the molecule is O=S(=O)(c1ccc(F)c(F)c1)N1CCCC(COc2ccccc2)C1. The number of rotatable bonds is 5. The van der Waals surface area contributed by atoms with Crippen LogP contribution in [0, 0.1) is 17.6 Å². The highest BCUT2D eigenvalue weighted by Gasteiger charge is 2.31. The number of nitrogens with zero attached hydrogens (tertiary/aromatic N) is 1. The number of benzene rings is 2. The summed E-state index contributed by atoms with van der Waals surface area (Å²) in [5.41, 5.74) is 0. The summed E-state index contributed by atoms with van der Waals surface area (Å²) in [5.74, 6) is -1.44. The van der Waals surface area contributed by atoms with Crippen LogP contribution in [0.25, 0.3) is 0 Å². The number of halogens is 2. The number of hydrogen-bond acceptors (Lipinski definition) is 3. The van der Waals surface area contributed by atoms with Crippen LogP contribution in [-0.2, 0) is 10.0 Å². The van der Waals surface area contributed by atoms with Crippen LogP contribution in [0.3, 0.4) is 0 Å². The molecule has 0 bridgehead atoms. The number of piperidine rings is 1. The van der Waals surface area contributed by atoms with Gasteiger partial charge in [0.1, 0.15) is 5.75 Å². The summed E-state index contributed by atoms with van der Waals surface area (Å²) in [7, 11) is -3.85. The summed E-state index contributed by atoms with van der Waals surface area (Å²) >= 11 is 0. The molecule has 1 aliphatic heterocycles. The molecule has 2 aromatic rings. The molecule has 1 atom stereocenters. The minimum absolute atomic E-state index is 0.0500. The van der Waals surface area contributed by atoms with Crippen molar-refractivity contribution in [1.29, 1.82) is 0 Å². The molecule has 0 aliphatic carbocycles. The highest BCUT2D eigenvalue weighted by Crippen LogP contribution is 2.25. The van der Waals surface area contributed by atoms with E-state index in [2.05, 4.69) is 0 Å². The first-order chi connectivity index (χ1) is 12.0. The third-order valence-corrected chi connectivity index (χ3v) is 6.10. The highest BCUT2D eigenvalue weighted by molar-refractivity contribution is 7.89. The molecule has 0 N–H and O–H groups in total. The lowest BCUT2D eigenvalue weighted by Gasteiger charge is -2.31. The summed E-state index contributed by atoms with van der Waals surface area (Å²) < 4.78 is 58.8. The van der Waals surface area contributed by atoms with Crippen LogP contribution >= 0.6 is 0 Å². The van der Waals surface area contributed by atoms with Gasteiger partial charge < -0.3 is 4.74 Å². The average molecular weight is 367 g/mol. The topological polar surface area (TPSA) is 46.6 Å². The van der Waals surface area contributed by atoms with Gasteiger partial charge in [-0.05, 0) is 43.2 Å². The van der Waals surface area contributed by atoms with E-state index in [1.54, 1.807) is 0 Å². The van der Waals surface area contributed by atoms with E-state index in [1.165, 1.54) is 4.31 Å². The quantitative estimate of drug-likeness (QED) is 0.813. The molecule has 0 saturated carbocycles. The van der Waals surface area contributed by atoms with Gasteiger partial charge in [-0.15, -0.1) is 0 Å². The molecule has 1 heterocycles. The van der Waals surface area contributed by atoms with Crippen LogP contribution in [0.15, 0.2) is 53.4 Å². The second-order valence-electron chi connectivity index (χ2n) is 6.07. The molecular formula is C18H19F2NO3S. The summed E-state index contributed by atoms with van der Waals surface area (Å²) in [6, 6.07) is 12.0. The van der Waals surface area contributed by atoms with Crippen LogP contribution in [0.4, 0.5) is 8.78 Å². The molecule has 134 valence electrons. The van der Waals surface area contributed by atoms with Crippen molar-refractivity contribution in [3.63, 3.8) is 0 Å². The van der Waals surface area contributed by atoms with Gasteiger partial charge in [0.05, 0.1) is 11.5 Å². The van der Waals surface area contributed by atoms with Gasteiger partial charge in [-0.3, -0.25) is 0 Å². The fourth-order valence-electron chi connectivity index (χ4n) is 2.90. The van der Waals surface area contributed by atoms with Gasteiger partial charge in [-0.1, -0.05) is 18.2 Å². The molecular weight excluding hydrogens is 348 g/mol. The van der Waals surface area contributed by atoms with Crippen molar-refractivity contribution in [2.45, 2.75) is 17.7 Å². The van der Waals surface area contributed by atoms with E-state index < -0.39 is 21.7 Å². The molecule has 4 nitrogen and oxygen atoms in total. The fourth-order valence-corrected chi connectivity index (χ4v) is 4.47. The maximum absolute atomic E-state index is 13.4. The molecule has 0 spiro atoms. The van der Waals surface area contributed by atoms with E-state index in [0.29, 0.717) is 26.1 Å². The van der Waals surface area contributed by atoms with Crippen LogP contribution in [-0.4, -0.2) is 32.4 Å². The fraction of sp³-hybridized carbons (Fsp3) is 0.333. The van der Waals surface area contributed by atoms with Crippen LogP contribution in [0.1, 0.15) is 12.8 Å². The smallest absolute Gasteiger partial charge is 0.243 e. The van der Waals surface area contributed by atoms with Gasteiger partial charge in [0, 0.05) is 19.0 Å². The monoisotopic (exact) mass is 367 g/mol. The Morgan fingerprint density at radius 1 is 1.08 bits per heavy atom. The van der Waals surface area contributed by atoms with E-state index in [9.17, 15) is 17.2 Å². The highest BCUT2D eigenvalue weighted by atomic mass is 32.2. The third kappa shape index (κ3) is 4.16. The van der Waals surface area contributed by atoms with Gasteiger partial charge in [0.15, 0.2) is 11.6 Å². The van der Waals surface area contributed by atoms with E-state index in [4.69, 9.17) is 4.74 Å². The van der Waals surface area contributed by atoms with Crippen molar-refractivity contribution in [2.75, 3.05) is 19.7 Å². The molecule has 0 radical (unpaired) electrons. The Morgan fingerprint density at radius 3 is 2.56 bits per heavy atom. The van der Waals surface area contributed by atoms with Crippen molar-refractivity contribution in [2.24, 2.45) is 5.92 Å². The molecule has 0 aromatic heterocycles. The van der Waals surface area contributed by atoms with Crippen molar-refractivity contribution in [3.05, 3.63) is 60.2 Å². The molecule has 1 saturated heterocycles. The molecule has 3 rings (SSSR count). The van der Waals surface area contributed by atoms with E-state index >= 15 is 0 Å². The zero-order chi connectivity index (χ0) is 17.9. The van der Waals surface area contributed by atoms with Crippen molar-refractivity contribution >= 4 is 10.0 Å². The van der Waals surface area contributed by atoms with Crippen LogP contribution < -0.4 is 4.74 Å². The minimum atomic E-state index is -3.85. The maximum atomic E-state index is 13.4. The Balaban J connectivity index is 1.68. The van der Waals surface area contributed by atoms with Crippen molar-refractivity contribution in [3.8, 4) is 5.75 Å². The van der Waals surface area contributed by atoms with Gasteiger partial charge >= 0.3 is 0 Å². The minimum Gasteiger partial charge on any atom is -0.493 e. The van der Waals surface area contributed by atoms with E-state index in [0.717, 1.165) is 30.4 Å². The lowest BCUT2D eigenvalue weighted by Crippen LogP contribution is -2.41. The average Bonchev–Trinajstić information content (AvgIpc) is 2.63. The van der Waals surface area contributed by atoms with Gasteiger partial charge in [0.2, 0.25) is 10.0 Å². The Hall–Kier alpha value is -1.99. The predicted octanol–water partition coefficient (Wildman–Crippen LogP) is 3.44. The Kier molecular flexibility index (Phi) is 5.34. The number of sulfonamides is 1. The molecule has 1 aliphatic rings. The third-order valence-electron chi connectivity index (χ3n) is 4.24. The number of para-hydroxylation sites is 1. The summed E-state index contributed by atoms with van der Waals surface area (Å²) in [4.78, 5) is -0.226. The van der Waals surface area contributed by atoms with E-state index in [1.807, 2.05) is 30.3 Å². The summed E-state index contributed by atoms with van der Waals surface area (Å²) in [5, 5.41) is 0. The number of hydrogen-bond donors (Lipinski definition) is 0.